The minimum absolute atomic E-state index is 0.0206. The molecule has 0 radical (unpaired) electrons. The summed E-state index contributed by atoms with van der Waals surface area (Å²) in [5, 5.41) is 7.65. The first-order valence-corrected chi connectivity index (χ1v) is 6.86. The molecule has 0 bridgehead atoms. The fraction of sp³-hybridized carbons (Fsp3) is 0.133. The Kier molecular flexibility index (Phi) is 4.39. The Morgan fingerprint density at radius 3 is 2.50 bits per heavy atom. The fourth-order valence-electron chi connectivity index (χ4n) is 2.01. The lowest BCUT2D eigenvalue weighted by Crippen LogP contribution is -2.22. The molecule has 0 aliphatic rings. The van der Waals surface area contributed by atoms with E-state index in [4.69, 9.17) is 11.1 Å². The van der Waals surface area contributed by atoms with E-state index in [1.54, 1.807) is 12.1 Å². The Hall–Kier alpha value is -1.88. The van der Waals surface area contributed by atoms with E-state index >= 15 is 0 Å². The molecule has 0 saturated carbocycles. The Balaban J connectivity index is 2.27. The highest BCUT2D eigenvalue weighted by Crippen LogP contribution is 2.24. The first kappa shape index (κ1) is 14.5. The number of hydrogen-bond donors (Lipinski definition) is 2. The third-order valence-corrected chi connectivity index (χ3v) is 3.49. The zero-order valence-electron chi connectivity index (χ0n) is 11.0. The van der Waals surface area contributed by atoms with Gasteiger partial charge in [0.25, 0.3) is 0 Å². The van der Waals surface area contributed by atoms with Crippen LogP contribution in [0.2, 0.25) is 0 Å². The minimum Gasteiger partial charge on any atom is -0.384 e. The van der Waals surface area contributed by atoms with E-state index in [9.17, 15) is 4.39 Å². The second kappa shape index (κ2) is 6.05. The molecule has 3 nitrogen and oxygen atoms in total. The molecule has 0 aliphatic carbocycles. The van der Waals surface area contributed by atoms with Crippen LogP contribution >= 0.6 is 15.9 Å². The number of nitrogens with one attached hydrogen (secondary N) is 1. The van der Waals surface area contributed by atoms with Crippen molar-refractivity contribution < 1.29 is 4.39 Å². The van der Waals surface area contributed by atoms with Crippen LogP contribution in [0.3, 0.4) is 0 Å². The van der Waals surface area contributed by atoms with Gasteiger partial charge in [0, 0.05) is 29.3 Å². The molecule has 0 atom stereocenters. The average molecular weight is 336 g/mol. The molecule has 2 aromatic carbocycles. The van der Waals surface area contributed by atoms with Gasteiger partial charge in [-0.3, -0.25) is 5.41 Å². The van der Waals surface area contributed by atoms with E-state index < -0.39 is 0 Å². The van der Waals surface area contributed by atoms with Crippen molar-refractivity contribution in [2.24, 2.45) is 5.73 Å². The van der Waals surface area contributed by atoms with Crippen molar-refractivity contribution in [1.29, 1.82) is 5.41 Å². The summed E-state index contributed by atoms with van der Waals surface area (Å²) in [5.41, 5.74) is 8.15. The molecule has 0 spiro atoms. The summed E-state index contributed by atoms with van der Waals surface area (Å²) >= 11 is 3.38. The second-order valence-electron chi connectivity index (χ2n) is 4.56. The van der Waals surface area contributed by atoms with Crippen molar-refractivity contribution in [2.45, 2.75) is 6.54 Å². The number of nitrogen functional groups attached to an aromatic ring is 1. The molecular formula is C15H15BrFN3. The summed E-state index contributed by atoms with van der Waals surface area (Å²) in [7, 11) is 1.92. The number of nitrogens with two attached hydrogens (primary N) is 1. The van der Waals surface area contributed by atoms with Gasteiger partial charge in [0.15, 0.2) is 0 Å². The molecule has 0 fully saturated rings. The van der Waals surface area contributed by atoms with Crippen molar-refractivity contribution in [2.75, 3.05) is 11.9 Å². The summed E-state index contributed by atoms with van der Waals surface area (Å²) in [4.78, 5) is 1.98. The molecular weight excluding hydrogens is 321 g/mol. The maximum absolute atomic E-state index is 12.9. The van der Waals surface area contributed by atoms with E-state index in [1.807, 2.05) is 30.1 Å². The summed E-state index contributed by atoms with van der Waals surface area (Å²) in [6, 6.07) is 12.0. The topological polar surface area (TPSA) is 53.1 Å². The third-order valence-electron chi connectivity index (χ3n) is 2.99. The van der Waals surface area contributed by atoms with Crippen LogP contribution in [0.25, 0.3) is 0 Å². The molecule has 2 aromatic rings. The normalized spacial score (nSPS) is 10.3. The number of anilines is 1. The first-order chi connectivity index (χ1) is 9.47. The molecule has 0 heterocycles. The lowest BCUT2D eigenvalue weighted by molar-refractivity contribution is 0.627. The van der Waals surface area contributed by atoms with Gasteiger partial charge in [0.1, 0.15) is 11.7 Å². The van der Waals surface area contributed by atoms with Gasteiger partial charge >= 0.3 is 0 Å². The van der Waals surface area contributed by atoms with Gasteiger partial charge in [-0.25, -0.2) is 4.39 Å². The number of halogens is 2. The van der Waals surface area contributed by atoms with Crippen LogP contribution in [0, 0.1) is 11.2 Å². The monoisotopic (exact) mass is 335 g/mol. The SMILES string of the molecule is CN(Cc1ccc(F)cc1)c1ccc(Br)cc1C(=N)N. The molecule has 0 aliphatic heterocycles. The van der Waals surface area contributed by atoms with Crippen molar-refractivity contribution in [3.05, 3.63) is 63.9 Å². The van der Waals surface area contributed by atoms with Crippen molar-refractivity contribution in [1.82, 2.24) is 0 Å². The molecule has 104 valence electrons. The van der Waals surface area contributed by atoms with Gasteiger partial charge in [-0.05, 0) is 35.9 Å². The quantitative estimate of drug-likeness (QED) is 0.663. The maximum atomic E-state index is 12.9. The maximum Gasteiger partial charge on any atom is 0.124 e. The Bertz CT molecular complexity index is 626. The van der Waals surface area contributed by atoms with Gasteiger partial charge in [-0.2, -0.15) is 0 Å². The number of rotatable bonds is 4. The molecule has 0 amide bonds. The Labute approximate surface area is 125 Å². The minimum atomic E-state index is -0.246. The van der Waals surface area contributed by atoms with Gasteiger partial charge in [0.2, 0.25) is 0 Å². The van der Waals surface area contributed by atoms with Crippen LogP contribution in [0.15, 0.2) is 46.9 Å². The van der Waals surface area contributed by atoms with Crippen LogP contribution in [-0.4, -0.2) is 12.9 Å². The largest absolute Gasteiger partial charge is 0.384 e. The van der Waals surface area contributed by atoms with Crippen LogP contribution < -0.4 is 10.6 Å². The fourth-order valence-corrected chi connectivity index (χ4v) is 2.37. The van der Waals surface area contributed by atoms with Crippen molar-refractivity contribution in [3.63, 3.8) is 0 Å². The van der Waals surface area contributed by atoms with E-state index in [0.717, 1.165) is 15.7 Å². The van der Waals surface area contributed by atoms with Gasteiger partial charge < -0.3 is 10.6 Å². The van der Waals surface area contributed by atoms with Gasteiger partial charge in [-0.15, -0.1) is 0 Å². The van der Waals surface area contributed by atoms with E-state index in [0.29, 0.717) is 12.1 Å². The summed E-state index contributed by atoms with van der Waals surface area (Å²) < 4.78 is 13.8. The van der Waals surface area contributed by atoms with E-state index in [2.05, 4.69) is 15.9 Å². The molecule has 3 N–H and O–H groups in total. The van der Waals surface area contributed by atoms with Crippen LogP contribution in [-0.2, 0) is 6.54 Å². The molecule has 5 heteroatoms. The third kappa shape index (κ3) is 3.36. The van der Waals surface area contributed by atoms with Crippen molar-refractivity contribution >= 4 is 27.5 Å². The molecule has 20 heavy (non-hydrogen) atoms. The second-order valence-corrected chi connectivity index (χ2v) is 5.47. The average Bonchev–Trinajstić information content (AvgIpc) is 2.41. The summed E-state index contributed by atoms with van der Waals surface area (Å²) in [6.07, 6.45) is 0. The van der Waals surface area contributed by atoms with E-state index in [1.165, 1.54) is 12.1 Å². The summed E-state index contributed by atoms with van der Waals surface area (Å²) in [5.74, 6) is -0.225. The molecule has 0 saturated heterocycles. The molecule has 2 rings (SSSR count). The number of nitrogens with zero attached hydrogens (tertiary/aromatic N) is 1. The first-order valence-electron chi connectivity index (χ1n) is 6.07. The predicted octanol–water partition coefficient (Wildman–Crippen LogP) is 3.51. The highest BCUT2D eigenvalue weighted by Gasteiger charge is 2.11. The lowest BCUT2D eigenvalue weighted by atomic mass is 10.1. The van der Waals surface area contributed by atoms with Crippen LogP contribution in [0.5, 0.6) is 0 Å². The highest BCUT2D eigenvalue weighted by atomic mass is 79.9. The number of amidine groups is 1. The Morgan fingerprint density at radius 1 is 1.25 bits per heavy atom. The zero-order valence-corrected chi connectivity index (χ0v) is 12.6. The molecule has 0 unspecified atom stereocenters. The van der Waals surface area contributed by atoms with Crippen LogP contribution in [0.1, 0.15) is 11.1 Å². The predicted molar refractivity (Wildman–Crippen MR) is 83.7 cm³/mol. The summed E-state index contributed by atoms with van der Waals surface area (Å²) in [6.45, 7) is 0.613. The van der Waals surface area contributed by atoms with Gasteiger partial charge in [-0.1, -0.05) is 28.1 Å². The smallest absolute Gasteiger partial charge is 0.124 e. The van der Waals surface area contributed by atoms with Gasteiger partial charge in [0.05, 0.1) is 0 Å². The highest BCUT2D eigenvalue weighted by molar-refractivity contribution is 9.10. The standard InChI is InChI=1S/C15H15BrFN3/c1-20(9-10-2-5-12(17)6-3-10)14-7-4-11(16)8-13(14)15(18)19/h2-8H,9H2,1H3,(H3,18,19). The number of hydrogen-bond acceptors (Lipinski definition) is 2. The van der Waals surface area contributed by atoms with Crippen molar-refractivity contribution in [3.8, 4) is 0 Å². The Morgan fingerprint density at radius 2 is 1.90 bits per heavy atom. The zero-order chi connectivity index (χ0) is 14.7. The molecule has 0 aromatic heterocycles. The van der Waals surface area contributed by atoms with E-state index in [-0.39, 0.29) is 11.7 Å². The number of benzene rings is 2. The van der Waals surface area contributed by atoms with Crippen LogP contribution in [0.4, 0.5) is 10.1 Å². The lowest BCUT2D eigenvalue weighted by Gasteiger charge is -2.22.